The Morgan fingerprint density at radius 2 is 1.11 bits per heavy atom. The summed E-state index contributed by atoms with van der Waals surface area (Å²) in [5.41, 5.74) is 3.36. The molecule has 3 aromatic carbocycles. The van der Waals surface area contributed by atoms with Gasteiger partial charge in [-0.2, -0.15) is 0 Å². The summed E-state index contributed by atoms with van der Waals surface area (Å²) in [5, 5.41) is 0. The third-order valence-electron chi connectivity index (χ3n) is 7.11. The van der Waals surface area contributed by atoms with Gasteiger partial charge in [0.25, 0.3) is 0 Å². The lowest BCUT2D eigenvalue weighted by Gasteiger charge is -2.29. The van der Waals surface area contributed by atoms with Crippen molar-refractivity contribution in [3.05, 3.63) is 108 Å². The van der Waals surface area contributed by atoms with Crippen molar-refractivity contribution in [3.63, 3.8) is 0 Å². The smallest absolute Gasteiger partial charge is 0.187 e. The van der Waals surface area contributed by atoms with Gasteiger partial charge in [-0.25, -0.2) is 0 Å². The topological polar surface area (TPSA) is 46.2 Å². The molecule has 0 unspecified atom stereocenters. The Labute approximate surface area is 220 Å². The van der Waals surface area contributed by atoms with Gasteiger partial charge in [0.15, 0.2) is 6.29 Å². The van der Waals surface area contributed by atoms with E-state index >= 15 is 0 Å². The molecular weight excluding hydrogens is 464 g/mol. The third-order valence-corrected chi connectivity index (χ3v) is 7.11. The van der Waals surface area contributed by atoms with Crippen molar-refractivity contribution in [1.29, 1.82) is 0 Å². The van der Waals surface area contributed by atoms with E-state index in [1.807, 2.05) is 54.6 Å². The van der Waals surface area contributed by atoms with Crippen molar-refractivity contribution in [2.45, 2.75) is 82.6 Å². The van der Waals surface area contributed by atoms with Crippen molar-refractivity contribution in [1.82, 2.24) is 0 Å². The van der Waals surface area contributed by atoms with Crippen molar-refractivity contribution in [2.24, 2.45) is 0 Å². The predicted octanol–water partition coefficient (Wildman–Crippen LogP) is 6.45. The summed E-state index contributed by atoms with van der Waals surface area (Å²) in [6, 6.07) is 30.7. The first-order chi connectivity index (χ1) is 18.3. The molecule has 0 aromatic heterocycles. The Kier molecular flexibility index (Phi) is 9.76. The number of hydrogen-bond acceptors (Lipinski definition) is 5. The lowest BCUT2D eigenvalue weighted by Crippen LogP contribution is -2.40. The first-order valence-electron chi connectivity index (χ1n) is 13.6. The van der Waals surface area contributed by atoms with E-state index in [0.29, 0.717) is 26.4 Å². The maximum atomic E-state index is 6.55. The summed E-state index contributed by atoms with van der Waals surface area (Å²) >= 11 is 0. The van der Waals surface area contributed by atoms with Gasteiger partial charge in [0.1, 0.15) is 18.3 Å². The molecule has 37 heavy (non-hydrogen) atoms. The molecule has 1 saturated carbocycles. The Hall–Kier alpha value is -2.54. The van der Waals surface area contributed by atoms with Crippen LogP contribution in [0, 0.1) is 0 Å². The van der Waals surface area contributed by atoms with E-state index in [9.17, 15) is 0 Å². The van der Waals surface area contributed by atoms with Crippen LogP contribution in [0.1, 0.15) is 48.8 Å². The normalized spacial score (nSPS) is 24.3. The van der Waals surface area contributed by atoms with Crippen molar-refractivity contribution in [3.8, 4) is 0 Å². The van der Waals surface area contributed by atoms with E-state index in [0.717, 1.165) is 29.5 Å². The molecule has 2 aliphatic rings. The van der Waals surface area contributed by atoms with E-state index in [1.54, 1.807) is 0 Å². The highest BCUT2D eigenvalue weighted by Crippen LogP contribution is 2.33. The third kappa shape index (κ3) is 7.73. The molecule has 5 rings (SSSR count). The van der Waals surface area contributed by atoms with Gasteiger partial charge < -0.3 is 23.7 Å². The second kappa shape index (κ2) is 13.8. The van der Waals surface area contributed by atoms with Crippen molar-refractivity contribution >= 4 is 0 Å². The monoisotopic (exact) mass is 502 g/mol. The molecule has 0 bridgehead atoms. The summed E-state index contributed by atoms with van der Waals surface area (Å²) in [6.45, 7) is 1.88. The fourth-order valence-corrected chi connectivity index (χ4v) is 5.10. The summed E-state index contributed by atoms with van der Waals surface area (Å²) in [7, 11) is 0. The maximum Gasteiger partial charge on any atom is 0.187 e. The Morgan fingerprint density at radius 1 is 0.595 bits per heavy atom. The quantitative estimate of drug-likeness (QED) is 0.285. The average molecular weight is 503 g/mol. The molecule has 1 aliphatic heterocycles. The first-order valence-corrected chi connectivity index (χ1v) is 13.6. The highest BCUT2D eigenvalue weighted by Gasteiger charge is 2.48. The zero-order valence-corrected chi connectivity index (χ0v) is 21.5. The van der Waals surface area contributed by atoms with E-state index in [-0.39, 0.29) is 24.4 Å². The Balaban J connectivity index is 1.30. The second-order valence-electron chi connectivity index (χ2n) is 9.96. The highest BCUT2D eigenvalue weighted by molar-refractivity contribution is 5.15. The molecule has 0 spiro atoms. The van der Waals surface area contributed by atoms with Crippen LogP contribution in [0.4, 0.5) is 0 Å². The van der Waals surface area contributed by atoms with Gasteiger partial charge in [-0.3, -0.25) is 0 Å². The molecule has 4 atom stereocenters. The van der Waals surface area contributed by atoms with Crippen LogP contribution in [0.3, 0.4) is 0 Å². The van der Waals surface area contributed by atoms with Gasteiger partial charge >= 0.3 is 0 Å². The largest absolute Gasteiger partial charge is 0.374 e. The maximum absolute atomic E-state index is 6.55. The van der Waals surface area contributed by atoms with Crippen molar-refractivity contribution < 1.29 is 23.7 Å². The van der Waals surface area contributed by atoms with Crippen LogP contribution >= 0.6 is 0 Å². The predicted molar refractivity (Wildman–Crippen MR) is 143 cm³/mol. The van der Waals surface area contributed by atoms with Gasteiger partial charge in [0, 0.05) is 0 Å². The Morgan fingerprint density at radius 3 is 1.68 bits per heavy atom. The van der Waals surface area contributed by atoms with Gasteiger partial charge in [0.05, 0.1) is 32.5 Å². The van der Waals surface area contributed by atoms with E-state index in [2.05, 4.69) is 36.4 Å². The van der Waals surface area contributed by atoms with Gasteiger partial charge in [-0.1, -0.05) is 110 Å². The fourth-order valence-electron chi connectivity index (χ4n) is 5.10. The SMILES string of the molecule is c1ccc(COC[C@H]2O[C@@H](OC3CCCCC3)[C@H](OCc3ccccc3)[C@@H]2OCc2ccccc2)cc1. The summed E-state index contributed by atoms with van der Waals surface area (Å²) in [6.07, 6.45) is 4.56. The molecule has 0 N–H and O–H groups in total. The molecule has 5 heteroatoms. The van der Waals surface area contributed by atoms with Crippen LogP contribution in [0.15, 0.2) is 91.0 Å². The molecular formula is C32H38O5. The van der Waals surface area contributed by atoms with E-state index in [1.165, 1.54) is 19.3 Å². The van der Waals surface area contributed by atoms with Crippen molar-refractivity contribution in [2.75, 3.05) is 6.61 Å². The highest BCUT2D eigenvalue weighted by atomic mass is 16.7. The number of hydrogen-bond donors (Lipinski definition) is 0. The van der Waals surface area contributed by atoms with E-state index < -0.39 is 6.29 Å². The lowest BCUT2D eigenvalue weighted by molar-refractivity contribution is -0.210. The van der Waals surface area contributed by atoms with Crippen LogP contribution in [-0.4, -0.2) is 37.3 Å². The van der Waals surface area contributed by atoms with Gasteiger partial charge in [-0.15, -0.1) is 0 Å². The van der Waals surface area contributed by atoms with Crippen LogP contribution in [0.5, 0.6) is 0 Å². The molecule has 1 heterocycles. The number of rotatable bonds is 12. The first kappa shape index (κ1) is 26.1. The van der Waals surface area contributed by atoms with Crippen LogP contribution in [-0.2, 0) is 43.5 Å². The summed E-state index contributed by atoms with van der Waals surface area (Å²) in [4.78, 5) is 0. The molecule has 196 valence electrons. The van der Waals surface area contributed by atoms with Crippen LogP contribution in [0.2, 0.25) is 0 Å². The second-order valence-corrected chi connectivity index (χ2v) is 9.96. The minimum atomic E-state index is -0.488. The Bertz CT molecular complexity index is 1020. The summed E-state index contributed by atoms with van der Waals surface area (Å²) in [5.74, 6) is 0. The molecule has 1 saturated heterocycles. The zero-order valence-electron chi connectivity index (χ0n) is 21.5. The fraction of sp³-hybridized carbons (Fsp3) is 0.438. The lowest BCUT2D eigenvalue weighted by atomic mass is 9.98. The van der Waals surface area contributed by atoms with Gasteiger partial charge in [0.2, 0.25) is 0 Å². The molecule has 5 nitrogen and oxygen atoms in total. The molecule has 1 aliphatic carbocycles. The zero-order chi connectivity index (χ0) is 25.1. The molecule has 2 fully saturated rings. The number of ether oxygens (including phenoxy) is 5. The van der Waals surface area contributed by atoms with Crippen LogP contribution in [0.25, 0.3) is 0 Å². The average Bonchev–Trinajstić information content (AvgIpc) is 3.28. The number of benzene rings is 3. The van der Waals surface area contributed by atoms with Crippen LogP contribution < -0.4 is 0 Å². The minimum absolute atomic E-state index is 0.195. The summed E-state index contributed by atoms with van der Waals surface area (Å²) < 4.78 is 32.2. The molecule has 3 aromatic rings. The van der Waals surface area contributed by atoms with Gasteiger partial charge in [-0.05, 0) is 29.5 Å². The minimum Gasteiger partial charge on any atom is -0.374 e. The molecule has 0 radical (unpaired) electrons. The van der Waals surface area contributed by atoms with E-state index in [4.69, 9.17) is 23.7 Å². The standard InChI is InChI=1S/C32H38O5/c1-5-13-25(14-6-1)21-33-24-29-30(34-22-26-15-7-2-8-16-26)31(35-23-27-17-9-3-10-18-27)32(37-29)36-28-19-11-4-12-20-28/h1-3,5-10,13-18,28-32H,4,11-12,19-24H2/t29-,30-,31-,32-/m1/s1. The molecule has 0 amide bonds.